The van der Waals surface area contributed by atoms with Gasteiger partial charge < -0.3 is 0 Å². The van der Waals surface area contributed by atoms with Gasteiger partial charge in [-0.05, 0) is 49.4 Å². The standard InChI is InChI=1S/C14H22O/c1-8(2)9-6-7-14(3)11-5-4-10(12(9)11)13(14)15/h8-12H,4-7H2,1-3H3/t9-,10-,11+,12-,14-/m0/s1. The first-order valence-electron chi connectivity index (χ1n) is 6.60. The Balaban J connectivity index is 2.00. The van der Waals surface area contributed by atoms with Crippen LogP contribution in [0.4, 0.5) is 0 Å². The van der Waals surface area contributed by atoms with Crippen molar-refractivity contribution in [2.75, 3.05) is 0 Å². The van der Waals surface area contributed by atoms with Gasteiger partial charge in [-0.1, -0.05) is 20.8 Å². The van der Waals surface area contributed by atoms with Crippen molar-refractivity contribution in [1.29, 1.82) is 0 Å². The SMILES string of the molecule is CC(C)[C@@H]1CC[C@]2(C)C(=O)[C@H]3CC[C@@H]2[C@H]31. The van der Waals surface area contributed by atoms with Gasteiger partial charge in [0, 0.05) is 11.3 Å². The first-order valence-corrected chi connectivity index (χ1v) is 6.60. The van der Waals surface area contributed by atoms with Crippen LogP contribution in [0.5, 0.6) is 0 Å². The molecule has 0 aromatic heterocycles. The molecule has 0 amide bonds. The van der Waals surface area contributed by atoms with Crippen molar-refractivity contribution in [3.63, 3.8) is 0 Å². The maximum absolute atomic E-state index is 12.3. The van der Waals surface area contributed by atoms with E-state index in [1.54, 1.807) is 0 Å². The van der Waals surface area contributed by atoms with Crippen molar-refractivity contribution in [3.8, 4) is 0 Å². The summed E-state index contributed by atoms with van der Waals surface area (Å²) in [6.07, 6.45) is 5.01. The van der Waals surface area contributed by atoms with Crippen LogP contribution >= 0.6 is 0 Å². The van der Waals surface area contributed by atoms with Crippen LogP contribution in [0.15, 0.2) is 0 Å². The third kappa shape index (κ3) is 1.02. The van der Waals surface area contributed by atoms with E-state index < -0.39 is 0 Å². The highest BCUT2D eigenvalue weighted by Gasteiger charge is 2.64. The van der Waals surface area contributed by atoms with Gasteiger partial charge in [-0.3, -0.25) is 4.79 Å². The zero-order valence-corrected chi connectivity index (χ0v) is 10.1. The Labute approximate surface area is 92.6 Å². The minimum atomic E-state index is 0.0962. The molecule has 0 aromatic carbocycles. The molecule has 3 saturated carbocycles. The second-order valence-electron chi connectivity index (χ2n) is 6.60. The molecule has 3 fully saturated rings. The van der Waals surface area contributed by atoms with Gasteiger partial charge in [-0.25, -0.2) is 0 Å². The molecule has 3 rings (SSSR count). The van der Waals surface area contributed by atoms with Gasteiger partial charge in [0.25, 0.3) is 0 Å². The molecule has 3 aliphatic rings. The van der Waals surface area contributed by atoms with Gasteiger partial charge in [-0.2, -0.15) is 0 Å². The van der Waals surface area contributed by atoms with Crippen molar-refractivity contribution < 1.29 is 4.79 Å². The van der Waals surface area contributed by atoms with Crippen LogP contribution in [0.25, 0.3) is 0 Å². The van der Waals surface area contributed by atoms with Gasteiger partial charge in [0.2, 0.25) is 0 Å². The molecule has 5 atom stereocenters. The number of hydrogen-bond donors (Lipinski definition) is 0. The van der Waals surface area contributed by atoms with E-state index in [4.69, 9.17) is 0 Å². The Hall–Kier alpha value is -0.330. The summed E-state index contributed by atoms with van der Waals surface area (Å²) in [5.74, 6) is 4.20. The Morgan fingerprint density at radius 3 is 2.67 bits per heavy atom. The minimum absolute atomic E-state index is 0.0962. The summed E-state index contributed by atoms with van der Waals surface area (Å²) in [6.45, 7) is 6.94. The number of rotatable bonds is 1. The second kappa shape index (κ2) is 2.87. The number of ketones is 1. The molecule has 0 spiro atoms. The smallest absolute Gasteiger partial charge is 0.142 e. The fourth-order valence-electron chi connectivity index (χ4n) is 5.02. The monoisotopic (exact) mass is 206 g/mol. The number of Topliss-reactive ketones (excluding diaryl/α,β-unsaturated/α-hetero) is 1. The van der Waals surface area contributed by atoms with Gasteiger partial charge in [0.05, 0.1) is 0 Å². The van der Waals surface area contributed by atoms with Crippen LogP contribution < -0.4 is 0 Å². The summed E-state index contributed by atoms with van der Waals surface area (Å²) < 4.78 is 0. The lowest BCUT2D eigenvalue weighted by molar-refractivity contribution is -0.131. The van der Waals surface area contributed by atoms with E-state index >= 15 is 0 Å². The van der Waals surface area contributed by atoms with E-state index in [0.717, 1.165) is 23.7 Å². The summed E-state index contributed by atoms with van der Waals surface area (Å²) in [5.41, 5.74) is 0.0962. The number of hydrogen-bond acceptors (Lipinski definition) is 1. The first kappa shape index (κ1) is 9.86. The van der Waals surface area contributed by atoms with Crippen LogP contribution in [0.3, 0.4) is 0 Å². The van der Waals surface area contributed by atoms with E-state index in [-0.39, 0.29) is 5.41 Å². The summed E-state index contributed by atoms with van der Waals surface area (Å²) in [5, 5.41) is 0. The average molecular weight is 206 g/mol. The molecule has 0 aliphatic heterocycles. The highest BCUT2D eigenvalue weighted by molar-refractivity contribution is 5.91. The van der Waals surface area contributed by atoms with Crippen LogP contribution in [-0.2, 0) is 4.79 Å². The van der Waals surface area contributed by atoms with Crippen molar-refractivity contribution in [2.24, 2.45) is 35.0 Å². The van der Waals surface area contributed by atoms with E-state index in [1.165, 1.54) is 25.7 Å². The quantitative estimate of drug-likeness (QED) is 0.643. The van der Waals surface area contributed by atoms with Crippen LogP contribution in [-0.4, -0.2) is 5.78 Å². The zero-order valence-electron chi connectivity index (χ0n) is 10.1. The molecule has 0 radical (unpaired) electrons. The molecule has 0 unspecified atom stereocenters. The largest absolute Gasteiger partial charge is 0.299 e. The van der Waals surface area contributed by atoms with Crippen LogP contribution in [0.1, 0.15) is 46.5 Å². The normalized spacial score (nSPS) is 52.9. The molecule has 1 nitrogen and oxygen atoms in total. The summed E-state index contributed by atoms with van der Waals surface area (Å²) in [6, 6.07) is 0. The lowest BCUT2D eigenvalue weighted by Crippen LogP contribution is -2.38. The average Bonchev–Trinajstić information content (AvgIpc) is 2.65. The minimum Gasteiger partial charge on any atom is -0.299 e. The zero-order chi connectivity index (χ0) is 10.8. The third-order valence-electron chi connectivity index (χ3n) is 5.78. The molecular weight excluding hydrogens is 184 g/mol. The van der Waals surface area contributed by atoms with Crippen molar-refractivity contribution in [2.45, 2.75) is 46.5 Å². The Morgan fingerprint density at radius 2 is 2.00 bits per heavy atom. The van der Waals surface area contributed by atoms with E-state index in [1.807, 2.05) is 0 Å². The van der Waals surface area contributed by atoms with E-state index in [0.29, 0.717) is 11.7 Å². The molecular formula is C14H22O. The lowest BCUT2D eigenvalue weighted by Gasteiger charge is -2.41. The Kier molecular flexibility index (Phi) is 1.88. The van der Waals surface area contributed by atoms with E-state index in [2.05, 4.69) is 20.8 Å². The van der Waals surface area contributed by atoms with Gasteiger partial charge in [0.15, 0.2) is 0 Å². The number of carbonyl (C=O) groups excluding carboxylic acids is 1. The number of carbonyl (C=O) groups is 1. The fourth-order valence-corrected chi connectivity index (χ4v) is 5.02. The molecule has 84 valence electrons. The van der Waals surface area contributed by atoms with Crippen LogP contribution in [0.2, 0.25) is 0 Å². The van der Waals surface area contributed by atoms with Crippen LogP contribution in [0, 0.1) is 35.0 Å². The molecule has 3 aliphatic carbocycles. The van der Waals surface area contributed by atoms with E-state index in [9.17, 15) is 4.79 Å². The highest BCUT2D eigenvalue weighted by Crippen LogP contribution is 2.65. The van der Waals surface area contributed by atoms with Gasteiger partial charge in [0.1, 0.15) is 5.78 Å². The molecule has 0 aromatic rings. The Bertz CT molecular complexity index is 306. The predicted octanol–water partition coefficient (Wildman–Crippen LogP) is 3.28. The molecule has 0 N–H and O–H groups in total. The lowest BCUT2D eigenvalue weighted by atomic mass is 9.62. The molecule has 0 heterocycles. The molecule has 4 bridgehead atoms. The second-order valence-corrected chi connectivity index (χ2v) is 6.60. The topological polar surface area (TPSA) is 17.1 Å². The third-order valence-corrected chi connectivity index (χ3v) is 5.78. The molecule has 15 heavy (non-hydrogen) atoms. The summed E-state index contributed by atoms with van der Waals surface area (Å²) in [7, 11) is 0. The maximum atomic E-state index is 12.3. The molecule has 1 heteroatoms. The molecule has 0 saturated heterocycles. The van der Waals surface area contributed by atoms with Gasteiger partial charge in [-0.15, -0.1) is 0 Å². The highest BCUT2D eigenvalue weighted by atomic mass is 16.1. The summed E-state index contributed by atoms with van der Waals surface area (Å²) >= 11 is 0. The maximum Gasteiger partial charge on any atom is 0.142 e. The Morgan fingerprint density at radius 1 is 1.27 bits per heavy atom. The predicted molar refractivity (Wildman–Crippen MR) is 60.4 cm³/mol. The van der Waals surface area contributed by atoms with Crippen molar-refractivity contribution in [1.82, 2.24) is 0 Å². The van der Waals surface area contributed by atoms with Gasteiger partial charge >= 0.3 is 0 Å². The van der Waals surface area contributed by atoms with Crippen molar-refractivity contribution in [3.05, 3.63) is 0 Å². The fraction of sp³-hybridized carbons (Fsp3) is 0.929. The summed E-state index contributed by atoms with van der Waals surface area (Å²) in [4.78, 5) is 12.3. The first-order chi connectivity index (χ1) is 7.05. The van der Waals surface area contributed by atoms with Crippen molar-refractivity contribution >= 4 is 5.78 Å².